The van der Waals surface area contributed by atoms with Gasteiger partial charge in [0.15, 0.2) is 0 Å². The molecule has 0 aromatic heterocycles. The first-order valence-corrected chi connectivity index (χ1v) is 12.7. The van der Waals surface area contributed by atoms with E-state index in [0.717, 1.165) is 106 Å². The van der Waals surface area contributed by atoms with Crippen molar-refractivity contribution in [3.63, 3.8) is 0 Å². The number of unbranched alkanes of at least 4 members (excludes halogenated alkanes) is 1. The van der Waals surface area contributed by atoms with Gasteiger partial charge in [0, 0.05) is 28.6 Å². The second-order valence-corrected chi connectivity index (χ2v) is 8.75. The fourth-order valence-corrected chi connectivity index (χ4v) is 4.24. The molecule has 3 rings (SSSR count). The Morgan fingerprint density at radius 3 is 2.11 bits per heavy atom. The second-order valence-electron chi connectivity index (χ2n) is 8.75. The predicted octanol–water partition coefficient (Wildman–Crippen LogP) is 4.12. The maximum atomic E-state index is 12.9. The van der Waals surface area contributed by atoms with Crippen molar-refractivity contribution in [2.45, 2.75) is 39.0 Å². The number of carbonyl (C=O) groups excluding carboxylic acids is 2. The maximum Gasteiger partial charge on any atom is 0.258 e. The highest BCUT2D eigenvalue weighted by atomic mass is 35.5. The van der Waals surface area contributed by atoms with Crippen LogP contribution in [0.2, 0.25) is 0 Å². The van der Waals surface area contributed by atoms with Gasteiger partial charge >= 0.3 is 0 Å². The summed E-state index contributed by atoms with van der Waals surface area (Å²) in [7, 11) is 0. The van der Waals surface area contributed by atoms with Crippen LogP contribution in [-0.4, -0.2) is 64.2 Å². The van der Waals surface area contributed by atoms with Crippen molar-refractivity contribution >= 4 is 83.6 Å². The van der Waals surface area contributed by atoms with Crippen LogP contribution in [0.15, 0.2) is 30.3 Å². The number of benzene rings is 2. The molecular weight excluding hydrogens is 570 g/mol. The van der Waals surface area contributed by atoms with E-state index in [1.54, 1.807) is 0 Å². The molecule has 0 saturated heterocycles. The summed E-state index contributed by atoms with van der Waals surface area (Å²) in [5, 5.41) is 14.9. The molecular formula is C26H44Cl4N6O2. The Balaban J connectivity index is 0. The lowest BCUT2D eigenvalue weighted by molar-refractivity contribution is -0.115. The minimum absolute atomic E-state index is 0. The quantitative estimate of drug-likeness (QED) is 0.172. The van der Waals surface area contributed by atoms with E-state index in [2.05, 4.69) is 28.2 Å². The summed E-state index contributed by atoms with van der Waals surface area (Å²) in [4.78, 5) is 27.2. The Bertz CT molecular complexity index is 967. The summed E-state index contributed by atoms with van der Waals surface area (Å²) in [6, 6.07) is 9.60. The van der Waals surface area contributed by atoms with Crippen molar-refractivity contribution in [1.82, 2.24) is 16.0 Å². The maximum absolute atomic E-state index is 12.9. The first-order valence-electron chi connectivity index (χ1n) is 12.7. The Labute approximate surface area is 251 Å². The lowest BCUT2D eigenvalue weighted by Crippen LogP contribution is -2.30. The third kappa shape index (κ3) is 11.0. The molecule has 1 aliphatic heterocycles. The highest BCUT2D eigenvalue weighted by molar-refractivity contribution is 6.27. The topological polar surface area (TPSA) is 112 Å². The highest BCUT2D eigenvalue weighted by Crippen LogP contribution is 2.40. The molecule has 6 N–H and O–H groups in total. The van der Waals surface area contributed by atoms with E-state index in [0.29, 0.717) is 0 Å². The zero-order valence-corrected chi connectivity index (χ0v) is 25.3. The van der Waals surface area contributed by atoms with E-state index in [9.17, 15) is 9.59 Å². The van der Waals surface area contributed by atoms with E-state index in [1.165, 1.54) is 0 Å². The van der Waals surface area contributed by atoms with E-state index >= 15 is 0 Å². The third-order valence-corrected chi connectivity index (χ3v) is 6.05. The molecule has 2 aromatic rings. The number of nitrogens with zero attached hydrogens (tertiary/aromatic N) is 1. The molecule has 1 aliphatic rings. The first-order chi connectivity index (χ1) is 16.7. The average Bonchev–Trinajstić information content (AvgIpc) is 3.12. The fourth-order valence-electron chi connectivity index (χ4n) is 4.24. The summed E-state index contributed by atoms with van der Waals surface area (Å²) in [5.74, 6) is -0.0277. The van der Waals surface area contributed by atoms with Crippen molar-refractivity contribution in [3.8, 4) is 0 Å². The zero-order valence-electron chi connectivity index (χ0n) is 22.1. The zero-order chi connectivity index (χ0) is 24.2. The number of halogens is 4. The first kappa shape index (κ1) is 38.8. The molecule has 0 saturated carbocycles. The van der Waals surface area contributed by atoms with Gasteiger partial charge in [-0.15, -0.1) is 49.6 Å². The van der Waals surface area contributed by atoms with E-state index in [-0.39, 0.29) is 68.0 Å². The summed E-state index contributed by atoms with van der Waals surface area (Å²) in [6.45, 7) is 8.52. The van der Waals surface area contributed by atoms with Crippen LogP contribution >= 0.6 is 49.6 Å². The van der Waals surface area contributed by atoms with Gasteiger partial charge in [-0.25, -0.2) is 0 Å². The van der Waals surface area contributed by atoms with Crippen LogP contribution in [0.25, 0.3) is 10.8 Å². The van der Waals surface area contributed by atoms with E-state index in [1.807, 2.05) is 35.2 Å². The smallest absolute Gasteiger partial charge is 0.258 e. The standard InChI is InChI=1S/C26H40N6O2.4ClH/c1-2-3-18-32-23-11-10-22(20-8-4-9-21(25(20)23)26(32)34)31-24(33)19-30-17-7-16-29-15-6-14-28-13-5-12-27;;;;/h4,8-11,28-30H,2-3,5-7,12-19,27H2,1H3,(H,31,33);4*1H. The van der Waals surface area contributed by atoms with Gasteiger partial charge in [0.2, 0.25) is 5.91 Å². The Kier molecular flexibility index (Phi) is 21.9. The number of nitrogens with one attached hydrogen (secondary N) is 4. The van der Waals surface area contributed by atoms with Crippen LogP contribution in [0.1, 0.15) is 49.4 Å². The summed E-state index contributed by atoms with van der Waals surface area (Å²) in [5.41, 5.74) is 7.88. The fraction of sp³-hybridized carbons (Fsp3) is 0.538. The Hall–Kier alpha value is -1.36. The number of hydrogen-bond acceptors (Lipinski definition) is 6. The molecule has 12 heteroatoms. The van der Waals surface area contributed by atoms with Crippen LogP contribution in [0, 0.1) is 0 Å². The number of amides is 2. The number of rotatable bonds is 17. The van der Waals surface area contributed by atoms with Crippen molar-refractivity contribution in [1.29, 1.82) is 0 Å². The van der Waals surface area contributed by atoms with Crippen LogP contribution in [0.5, 0.6) is 0 Å². The van der Waals surface area contributed by atoms with Gasteiger partial charge in [0.05, 0.1) is 12.2 Å². The lowest BCUT2D eigenvalue weighted by Gasteiger charge is -2.17. The Morgan fingerprint density at radius 1 is 0.842 bits per heavy atom. The molecule has 2 amide bonds. The number of nitrogens with two attached hydrogens (primary N) is 1. The molecule has 0 atom stereocenters. The number of anilines is 2. The molecule has 0 unspecified atom stereocenters. The van der Waals surface area contributed by atoms with Crippen LogP contribution in [0.4, 0.5) is 11.4 Å². The van der Waals surface area contributed by atoms with Gasteiger partial charge in [0.25, 0.3) is 5.91 Å². The highest BCUT2D eigenvalue weighted by Gasteiger charge is 2.30. The average molecular weight is 614 g/mol. The lowest BCUT2D eigenvalue weighted by atomic mass is 10.0. The Morgan fingerprint density at radius 2 is 1.47 bits per heavy atom. The molecule has 2 aromatic carbocycles. The van der Waals surface area contributed by atoms with Crippen molar-refractivity contribution in [3.05, 3.63) is 35.9 Å². The monoisotopic (exact) mass is 612 g/mol. The van der Waals surface area contributed by atoms with Gasteiger partial charge in [-0.2, -0.15) is 0 Å². The summed E-state index contributed by atoms with van der Waals surface area (Å²) < 4.78 is 0. The minimum atomic E-state index is -0.0793. The summed E-state index contributed by atoms with van der Waals surface area (Å²) in [6.07, 6.45) is 5.08. The number of hydrogen-bond donors (Lipinski definition) is 5. The third-order valence-electron chi connectivity index (χ3n) is 6.05. The predicted molar refractivity (Wildman–Crippen MR) is 170 cm³/mol. The molecule has 1 heterocycles. The van der Waals surface area contributed by atoms with E-state index in [4.69, 9.17) is 5.73 Å². The van der Waals surface area contributed by atoms with E-state index < -0.39 is 0 Å². The van der Waals surface area contributed by atoms with Gasteiger partial charge in [-0.05, 0) is 83.2 Å². The van der Waals surface area contributed by atoms with Crippen molar-refractivity contribution < 1.29 is 9.59 Å². The molecule has 0 spiro atoms. The van der Waals surface area contributed by atoms with Crippen LogP contribution < -0.4 is 31.9 Å². The molecule has 38 heavy (non-hydrogen) atoms. The molecule has 0 fully saturated rings. The van der Waals surface area contributed by atoms with Crippen molar-refractivity contribution in [2.75, 3.05) is 62.6 Å². The normalized spacial score (nSPS) is 11.3. The minimum Gasteiger partial charge on any atom is -0.330 e. The van der Waals surface area contributed by atoms with Gasteiger partial charge in [0.1, 0.15) is 0 Å². The van der Waals surface area contributed by atoms with Gasteiger partial charge in [-0.3, -0.25) is 9.59 Å². The molecule has 0 bridgehead atoms. The molecule has 8 nitrogen and oxygen atoms in total. The molecule has 0 radical (unpaired) electrons. The second kappa shape index (κ2) is 21.5. The molecule has 218 valence electrons. The number of carbonyl (C=O) groups is 2. The van der Waals surface area contributed by atoms with Crippen LogP contribution in [0.3, 0.4) is 0 Å². The largest absolute Gasteiger partial charge is 0.330 e. The SMILES string of the molecule is CCCCN1C(=O)c2cccc3c(NC(=O)CNCCCNCCCNCCCN)ccc1c23.Cl.Cl.Cl.Cl. The van der Waals surface area contributed by atoms with Crippen molar-refractivity contribution in [2.24, 2.45) is 5.73 Å². The van der Waals surface area contributed by atoms with Gasteiger partial charge in [-0.1, -0.05) is 25.5 Å². The molecule has 0 aliphatic carbocycles. The van der Waals surface area contributed by atoms with Gasteiger partial charge < -0.3 is 31.9 Å². The van der Waals surface area contributed by atoms with Crippen LogP contribution in [-0.2, 0) is 4.79 Å². The summed E-state index contributed by atoms with van der Waals surface area (Å²) >= 11 is 0.